The van der Waals surface area contributed by atoms with E-state index < -0.39 is 0 Å². The van der Waals surface area contributed by atoms with E-state index in [1.165, 1.54) is 0 Å². The number of carbonyl (C=O) groups excluding carboxylic acids is 1. The van der Waals surface area contributed by atoms with Crippen molar-refractivity contribution in [2.24, 2.45) is 0 Å². The molecule has 0 saturated heterocycles. The molecule has 3 aromatic carbocycles. The molecule has 0 atom stereocenters. The van der Waals surface area contributed by atoms with E-state index in [1.807, 2.05) is 36.4 Å². The van der Waals surface area contributed by atoms with Crippen LogP contribution in [0.5, 0.6) is 11.5 Å². The summed E-state index contributed by atoms with van der Waals surface area (Å²) in [6, 6.07) is 25.5. The lowest BCUT2D eigenvalue weighted by Crippen LogP contribution is -2.16. The predicted molar refractivity (Wildman–Crippen MR) is 108 cm³/mol. The Balaban J connectivity index is 1.79. The zero-order valence-corrected chi connectivity index (χ0v) is 15.5. The minimum atomic E-state index is -0.0556. The molecule has 138 valence electrons. The summed E-state index contributed by atoms with van der Waals surface area (Å²) in [6.45, 7) is 0. The maximum atomic E-state index is 12.7. The zero-order valence-electron chi connectivity index (χ0n) is 15.5. The molecular weight excluding hydrogens is 338 g/mol. The highest BCUT2D eigenvalue weighted by atomic mass is 16.5. The summed E-state index contributed by atoms with van der Waals surface area (Å²) in [7, 11) is 3.16. The fraction of sp³-hybridized carbons (Fsp3) is 0.174. The van der Waals surface area contributed by atoms with Crippen molar-refractivity contribution in [2.45, 2.75) is 12.3 Å². The summed E-state index contributed by atoms with van der Waals surface area (Å²) in [5, 5.41) is 2.96. The Kier molecular flexibility index (Phi) is 6.10. The van der Waals surface area contributed by atoms with E-state index in [0.717, 1.165) is 11.1 Å². The third kappa shape index (κ3) is 4.67. The molecule has 3 aromatic rings. The van der Waals surface area contributed by atoms with Crippen LogP contribution < -0.4 is 14.8 Å². The highest BCUT2D eigenvalue weighted by Gasteiger charge is 2.18. The zero-order chi connectivity index (χ0) is 19.1. The van der Waals surface area contributed by atoms with Gasteiger partial charge in [-0.2, -0.15) is 0 Å². The van der Waals surface area contributed by atoms with Gasteiger partial charge in [-0.05, 0) is 23.3 Å². The van der Waals surface area contributed by atoms with E-state index in [4.69, 9.17) is 9.47 Å². The smallest absolute Gasteiger partial charge is 0.225 e. The molecule has 27 heavy (non-hydrogen) atoms. The summed E-state index contributed by atoms with van der Waals surface area (Å²) in [6.07, 6.45) is 0.350. The van der Waals surface area contributed by atoms with Gasteiger partial charge in [-0.1, -0.05) is 60.7 Å². The van der Waals surface area contributed by atoms with Crippen molar-refractivity contribution in [3.05, 3.63) is 90.0 Å². The van der Waals surface area contributed by atoms with Gasteiger partial charge in [0.2, 0.25) is 5.91 Å². The van der Waals surface area contributed by atoms with Gasteiger partial charge in [0.15, 0.2) is 11.5 Å². The van der Waals surface area contributed by atoms with Gasteiger partial charge in [0.05, 0.1) is 14.2 Å². The van der Waals surface area contributed by atoms with Gasteiger partial charge in [-0.25, -0.2) is 0 Å². The van der Waals surface area contributed by atoms with Crippen molar-refractivity contribution < 1.29 is 14.3 Å². The van der Waals surface area contributed by atoms with E-state index in [0.29, 0.717) is 23.6 Å². The molecule has 0 aliphatic heterocycles. The van der Waals surface area contributed by atoms with Crippen LogP contribution in [0.25, 0.3) is 0 Å². The fourth-order valence-corrected chi connectivity index (χ4v) is 3.11. The number of rotatable bonds is 7. The average Bonchev–Trinajstić information content (AvgIpc) is 2.73. The molecule has 0 unspecified atom stereocenters. The molecule has 3 rings (SSSR count). The lowest BCUT2D eigenvalue weighted by molar-refractivity contribution is -0.116. The number of methoxy groups -OCH3 is 2. The first-order valence-corrected chi connectivity index (χ1v) is 8.83. The average molecular weight is 361 g/mol. The molecule has 0 aliphatic rings. The summed E-state index contributed by atoms with van der Waals surface area (Å²) in [5.41, 5.74) is 2.91. The van der Waals surface area contributed by atoms with Gasteiger partial charge < -0.3 is 14.8 Å². The summed E-state index contributed by atoms with van der Waals surface area (Å²) >= 11 is 0. The van der Waals surface area contributed by atoms with E-state index in [-0.39, 0.29) is 11.8 Å². The Hall–Kier alpha value is -3.27. The quantitative estimate of drug-likeness (QED) is 0.653. The number of nitrogens with one attached hydrogen (secondary N) is 1. The topological polar surface area (TPSA) is 47.6 Å². The molecule has 4 nitrogen and oxygen atoms in total. The third-order valence-electron chi connectivity index (χ3n) is 4.46. The molecule has 1 amide bonds. The number of benzene rings is 3. The van der Waals surface area contributed by atoms with Crippen LogP contribution in [0.1, 0.15) is 23.5 Å². The second kappa shape index (κ2) is 8.90. The highest BCUT2D eigenvalue weighted by Crippen LogP contribution is 2.31. The molecule has 0 radical (unpaired) electrons. The number of hydrogen-bond donors (Lipinski definition) is 1. The number of amides is 1. The van der Waals surface area contributed by atoms with Gasteiger partial charge >= 0.3 is 0 Å². The summed E-state index contributed by atoms with van der Waals surface area (Å²) in [4.78, 5) is 12.7. The minimum absolute atomic E-state index is 0.00690. The van der Waals surface area contributed by atoms with Gasteiger partial charge in [0, 0.05) is 24.1 Å². The van der Waals surface area contributed by atoms with Gasteiger partial charge in [0.1, 0.15) is 0 Å². The monoisotopic (exact) mass is 361 g/mol. The Morgan fingerprint density at radius 1 is 0.815 bits per heavy atom. The standard InChI is InChI=1S/C23H23NO3/c1-26-21-14-13-19(15-22(21)27-2)24-23(25)16-20(17-9-5-3-6-10-17)18-11-7-4-8-12-18/h3-15,20H,16H2,1-2H3,(H,24,25). The first-order valence-electron chi connectivity index (χ1n) is 8.83. The molecular formula is C23H23NO3. The van der Waals surface area contributed by atoms with Crippen molar-refractivity contribution >= 4 is 11.6 Å². The first kappa shape index (κ1) is 18.5. The van der Waals surface area contributed by atoms with Crippen molar-refractivity contribution in [2.75, 3.05) is 19.5 Å². The highest BCUT2D eigenvalue weighted by molar-refractivity contribution is 5.92. The minimum Gasteiger partial charge on any atom is -0.493 e. The molecule has 0 aliphatic carbocycles. The van der Waals surface area contributed by atoms with Crippen molar-refractivity contribution in [1.82, 2.24) is 0 Å². The van der Waals surface area contributed by atoms with Crippen LogP contribution in [-0.4, -0.2) is 20.1 Å². The number of carbonyl (C=O) groups is 1. The molecule has 0 saturated carbocycles. The van der Waals surface area contributed by atoms with Crippen LogP contribution >= 0.6 is 0 Å². The normalized spacial score (nSPS) is 10.5. The van der Waals surface area contributed by atoms with Crippen LogP contribution in [0.2, 0.25) is 0 Å². The van der Waals surface area contributed by atoms with E-state index >= 15 is 0 Å². The van der Waals surface area contributed by atoms with Gasteiger partial charge in [0.25, 0.3) is 0 Å². The van der Waals surface area contributed by atoms with E-state index in [9.17, 15) is 4.79 Å². The Bertz CT molecular complexity index is 839. The molecule has 0 bridgehead atoms. The molecule has 0 aromatic heterocycles. The summed E-state index contributed by atoms with van der Waals surface area (Å²) < 4.78 is 10.5. The van der Waals surface area contributed by atoms with Crippen LogP contribution in [0.4, 0.5) is 5.69 Å². The SMILES string of the molecule is COc1ccc(NC(=O)CC(c2ccccc2)c2ccccc2)cc1OC. The number of ether oxygens (including phenoxy) is 2. The van der Waals surface area contributed by atoms with Crippen molar-refractivity contribution in [1.29, 1.82) is 0 Å². The Morgan fingerprint density at radius 2 is 1.37 bits per heavy atom. The maximum Gasteiger partial charge on any atom is 0.225 e. The second-order valence-electron chi connectivity index (χ2n) is 6.20. The van der Waals surface area contributed by atoms with Crippen LogP contribution in [0.15, 0.2) is 78.9 Å². The first-order chi connectivity index (χ1) is 13.2. The van der Waals surface area contributed by atoms with E-state index in [1.54, 1.807) is 32.4 Å². The van der Waals surface area contributed by atoms with Crippen molar-refractivity contribution in [3.63, 3.8) is 0 Å². The fourth-order valence-electron chi connectivity index (χ4n) is 3.11. The largest absolute Gasteiger partial charge is 0.493 e. The summed E-state index contributed by atoms with van der Waals surface area (Å²) in [5.74, 6) is 1.15. The third-order valence-corrected chi connectivity index (χ3v) is 4.46. The number of anilines is 1. The molecule has 0 spiro atoms. The molecule has 1 N–H and O–H groups in total. The van der Waals surface area contributed by atoms with Crippen LogP contribution in [0.3, 0.4) is 0 Å². The maximum absolute atomic E-state index is 12.7. The second-order valence-corrected chi connectivity index (χ2v) is 6.20. The predicted octanol–water partition coefficient (Wildman–Crippen LogP) is 4.86. The molecule has 4 heteroatoms. The molecule has 0 fully saturated rings. The lowest BCUT2D eigenvalue weighted by atomic mass is 9.88. The van der Waals surface area contributed by atoms with E-state index in [2.05, 4.69) is 29.6 Å². The van der Waals surface area contributed by atoms with Crippen molar-refractivity contribution in [3.8, 4) is 11.5 Å². The van der Waals surface area contributed by atoms with Crippen LogP contribution in [0, 0.1) is 0 Å². The Morgan fingerprint density at radius 3 is 1.89 bits per heavy atom. The lowest BCUT2D eigenvalue weighted by Gasteiger charge is -2.18. The van der Waals surface area contributed by atoms with Gasteiger partial charge in [-0.15, -0.1) is 0 Å². The Labute approximate surface area is 159 Å². The van der Waals surface area contributed by atoms with Gasteiger partial charge in [-0.3, -0.25) is 4.79 Å². The molecule has 0 heterocycles. The van der Waals surface area contributed by atoms with Crippen LogP contribution in [-0.2, 0) is 4.79 Å². The number of hydrogen-bond acceptors (Lipinski definition) is 3.